The van der Waals surface area contributed by atoms with Gasteiger partial charge in [-0.3, -0.25) is 0 Å². The molecule has 2 aromatic heterocycles. The van der Waals surface area contributed by atoms with E-state index in [1.165, 1.54) is 11.3 Å². The van der Waals surface area contributed by atoms with Gasteiger partial charge in [0.2, 0.25) is 0 Å². The van der Waals surface area contributed by atoms with Crippen molar-refractivity contribution in [3.8, 4) is 10.6 Å². The summed E-state index contributed by atoms with van der Waals surface area (Å²) in [5.41, 5.74) is 8.58. The zero-order chi connectivity index (χ0) is 14.9. The van der Waals surface area contributed by atoms with Crippen LogP contribution in [0.3, 0.4) is 0 Å². The number of ether oxygens (including phenoxy) is 1. The van der Waals surface area contributed by atoms with Crippen molar-refractivity contribution in [2.24, 2.45) is 0 Å². The van der Waals surface area contributed by atoms with Crippen molar-refractivity contribution in [1.82, 2.24) is 4.98 Å². The Labute approximate surface area is 126 Å². The highest BCUT2D eigenvalue weighted by molar-refractivity contribution is 7.18. The molecule has 20 heavy (non-hydrogen) atoms. The fourth-order valence-electron chi connectivity index (χ4n) is 2.04. The van der Waals surface area contributed by atoms with Gasteiger partial charge in [-0.25, -0.2) is 9.78 Å². The molecule has 0 aliphatic heterocycles. The van der Waals surface area contributed by atoms with Crippen LogP contribution >= 0.6 is 22.7 Å². The highest BCUT2D eigenvalue weighted by Gasteiger charge is 2.25. The molecule has 0 saturated heterocycles. The van der Waals surface area contributed by atoms with Gasteiger partial charge in [0.25, 0.3) is 0 Å². The topological polar surface area (TPSA) is 65.2 Å². The first kappa shape index (κ1) is 15.0. The van der Waals surface area contributed by atoms with E-state index in [1.807, 2.05) is 12.3 Å². The lowest BCUT2D eigenvalue weighted by molar-refractivity contribution is 0.0533. The van der Waals surface area contributed by atoms with Crippen LogP contribution in [-0.2, 0) is 4.74 Å². The Morgan fingerprint density at radius 3 is 2.70 bits per heavy atom. The average Bonchev–Trinajstić information content (AvgIpc) is 2.93. The Morgan fingerprint density at radius 2 is 2.20 bits per heavy atom. The van der Waals surface area contributed by atoms with Gasteiger partial charge in [-0.2, -0.15) is 0 Å². The van der Waals surface area contributed by atoms with E-state index in [0.29, 0.717) is 17.2 Å². The first-order valence-electron chi connectivity index (χ1n) is 6.47. The summed E-state index contributed by atoms with van der Waals surface area (Å²) in [6.45, 7) is 8.23. The van der Waals surface area contributed by atoms with Crippen LogP contribution in [0.25, 0.3) is 10.6 Å². The number of aryl methyl sites for hydroxylation is 1. The third kappa shape index (κ3) is 2.71. The lowest BCUT2D eigenvalue weighted by Crippen LogP contribution is -2.06. The van der Waals surface area contributed by atoms with Crippen molar-refractivity contribution in [3.05, 3.63) is 20.8 Å². The predicted molar refractivity (Wildman–Crippen MR) is 84.6 cm³/mol. The number of rotatable bonds is 4. The number of carbonyl (C=O) groups is 1. The van der Waals surface area contributed by atoms with Crippen LogP contribution < -0.4 is 5.73 Å². The molecule has 0 saturated carbocycles. The number of aromatic nitrogens is 1. The maximum atomic E-state index is 12.0. The van der Waals surface area contributed by atoms with Gasteiger partial charge in [0.15, 0.2) is 0 Å². The van der Waals surface area contributed by atoms with Crippen molar-refractivity contribution < 1.29 is 9.53 Å². The number of nitrogens with zero attached hydrogens (tertiary/aromatic N) is 1. The van der Waals surface area contributed by atoms with E-state index in [1.54, 1.807) is 18.3 Å². The normalized spacial score (nSPS) is 11.1. The molecule has 0 fully saturated rings. The third-order valence-corrected chi connectivity index (χ3v) is 4.87. The summed E-state index contributed by atoms with van der Waals surface area (Å²) in [6, 6.07) is 0. The molecule has 0 amide bonds. The van der Waals surface area contributed by atoms with Gasteiger partial charge in [-0.1, -0.05) is 13.8 Å². The van der Waals surface area contributed by atoms with Crippen LogP contribution in [-0.4, -0.2) is 17.6 Å². The maximum Gasteiger partial charge on any atom is 0.350 e. The summed E-state index contributed by atoms with van der Waals surface area (Å²) in [7, 11) is 0. The molecule has 2 N–H and O–H groups in total. The zero-order valence-electron chi connectivity index (χ0n) is 12.0. The summed E-state index contributed by atoms with van der Waals surface area (Å²) in [5.74, 6) is -0.124. The molecule has 108 valence electrons. The predicted octanol–water partition coefficient (Wildman–Crippen LogP) is 4.06. The Hall–Kier alpha value is -1.40. The number of thiazole rings is 1. The fraction of sp³-hybridized carbons (Fsp3) is 0.429. The van der Waals surface area contributed by atoms with Crippen molar-refractivity contribution in [1.29, 1.82) is 0 Å². The number of hydrogen-bond donors (Lipinski definition) is 1. The SMILES string of the molecule is CCOC(=O)c1sc(-c2csc(C)n2)c(C(C)C)c1N. The quantitative estimate of drug-likeness (QED) is 0.865. The minimum atomic E-state index is -0.352. The van der Waals surface area contributed by atoms with E-state index in [2.05, 4.69) is 18.8 Å². The molecule has 0 unspecified atom stereocenters. The molecule has 2 aromatic rings. The molecule has 0 spiro atoms. The Kier molecular flexibility index (Phi) is 4.45. The van der Waals surface area contributed by atoms with E-state index < -0.39 is 0 Å². The van der Waals surface area contributed by atoms with Gasteiger partial charge in [-0.05, 0) is 25.3 Å². The van der Waals surface area contributed by atoms with Crippen molar-refractivity contribution in [2.45, 2.75) is 33.6 Å². The average molecular weight is 310 g/mol. The maximum absolute atomic E-state index is 12.0. The first-order chi connectivity index (χ1) is 9.45. The van der Waals surface area contributed by atoms with Crippen LogP contribution in [0.15, 0.2) is 5.38 Å². The molecule has 2 rings (SSSR count). The van der Waals surface area contributed by atoms with Gasteiger partial charge in [-0.15, -0.1) is 22.7 Å². The van der Waals surface area contributed by atoms with Gasteiger partial charge in [0.05, 0.1) is 27.9 Å². The van der Waals surface area contributed by atoms with E-state index in [9.17, 15) is 4.79 Å². The van der Waals surface area contributed by atoms with Crippen LogP contribution in [0.4, 0.5) is 5.69 Å². The molecule has 0 radical (unpaired) electrons. The number of esters is 1. The molecule has 0 aliphatic carbocycles. The van der Waals surface area contributed by atoms with Crippen LogP contribution in [0.1, 0.15) is 46.9 Å². The Bertz CT molecular complexity index is 629. The summed E-state index contributed by atoms with van der Waals surface area (Å²) in [5, 5.41) is 3.00. The van der Waals surface area contributed by atoms with Crippen molar-refractivity contribution in [3.63, 3.8) is 0 Å². The van der Waals surface area contributed by atoms with Gasteiger partial charge in [0.1, 0.15) is 4.88 Å². The van der Waals surface area contributed by atoms with Crippen molar-refractivity contribution in [2.75, 3.05) is 12.3 Å². The molecular formula is C14H18N2O2S2. The molecule has 0 atom stereocenters. The second kappa shape index (κ2) is 5.93. The highest BCUT2D eigenvalue weighted by atomic mass is 32.1. The minimum Gasteiger partial charge on any atom is -0.462 e. The van der Waals surface area contributed by atoms with Crippen LogP contribution in [0.5, 0.6) is 0 Å². The van der Waals surface area contributed by atoms with Crippen LogP contribution in [0, 0.1) is 6.92 Å². The number of hydrogen-bond acceptors (Lipinski definition) is 6. The van der Waals surface area contributed by atoms with Gasteiger partial charge in [0, 0.05) is 5.38 Å². The smallest absolute Gasteiger partial charge is 0.350 e. The number of carbonyl (C=O) groups excluding carboxylic acids is 1. The summed E-state index contributed by atoms with van der Waals surface area (Å²) in [4.78, 5) is 17.9. The van der Waals surface area contributed by atoms with E-state index in [4.69, 9.17) is 10.5 Å². The molecule has 0 bridgehead atoms. The molecule has 0 aliphatic rings. The number of anilines is 1. The second-order valence-corrected chi connectivity index (χ2v) is 6.80. The van der Waals surface area contributed by atoms with Gasteiger partial charge >= 0.3 is 5.97 Å². The molecule has 2 heterocycles. The second-order valence-electron chi connectivity index (χ2n) is 4.71. The fourth-order valence-corrected chi connectivity index (χ4v) is 3.95. The molecule has 0 aromatic carbocycles. The van der Waals surface area contributed by atoms with E-state index in [0.717, 1.165) is 21.1 Å². The number of thiophene rings is 1. The molecule has 4 nitrogen and oxygen atoms in total. The largest absolute Gasteiger partial charge is 0.462 e. The monoisotopic (exact) mass is 310 g/mol. The lowest BCUT2D eigenvalue weighted by Gasteiger charge is -2.07. The van der Waals surface area contributed by atoms with E-state index >= 15 is 0 Å². The summed E-state index contributed by atoms with van der Waals surface area (Å²) in [6.07, 6.45) is 0. The highest BCUT2D eigenvalue weighted by Crippen LogP contribution is 2.43. The summed E-state index contributed by atoms with van der Waals surface area (Å²) < 4.78 is 5.07. The third-order valence-electron chi connectivity index (χ3n) is 2.87. The minimum absolute atomic E-state index is 0.228. The van der Waals surface area contributed by atoms with E-state index in [-0.39, 0.29) is 11.9 Å². The Balaban J connectivity index is 2.56. The van der Waals surface area contributed by atoms with Crippen molar-refractivity contribution >= 4 is 34.3 Å². The molecular weight excluding hydrogens is 292 g/mol. The Morgan fingerprint density at radius 1 is 1.50 bits per heavy atom. The van der Waals surface area contributed by atoms with Crippen LogP contribution in [0.2, 0.25) is 0 Å². The summed E-state index contributed by atoms with van der Waals surface area (Å²) >= 11 is 2.97. The standard InChI is InChI=1S/C14H18N2O2S2/c1-5-18-14(17)13-11(15)10(7(2)3)12(20-13)9-6-19-8(4)16-9/h6-7H,5,15H2,1-4H3. The lowest BCUT2D eigenvalue weighted by atomic mass is 10.0. The number of nitrogens with two attached hydrogens (primary N) is 1. The number of nitrogen functional groups attached to an aromatic ring is 1. The first-order valence-corrected chi connectivity index (χ1v) is 8.17. The van der Waals surface area contributed by atoms with Gasteiger partial charge < -0.3 is 10.5 Å². The molecule has 6 heteroatoms. The zero-order valence-corrected chi connectivity index (χ0v) is 13.7.